The Balaban J connectivity index is 1.78. The number of carboxylic acid groups (broad SMARTS) is 1. The zero-order chi connectivity index (χ0) is 14.7. The number of carboxylic acids is 1. The predicted octanol–water partition coefficient (Wildman–Crippen LogP) is 2.80. The fourth-order valence-electron chi connectivity index (χ4n) is 1.76. The van der Waals surface area contributed by atoms with E-state index in [-0.39, 0.29) is 0 Å². The summed E-state index contributed by atoms with van der Waals surface area (Å²) in [4.78, 5) is 27.1. The number of nitrogens with zero attached hydrogens (tertiary/aromatic N) is 3. The Morgan fingerprint density at radius 1 is 1.43 bits per heavy atom. The standard InChI is InChI=1S/C13H10N4O2S2/c18-10(19)2-1-8-3-4-20-9(8)5-21-13-11-12(15-6-14-11)16-7-17-13/h1-4,6-7H,5H2,(H,18,19)(H,14,15,16,17). The Kier molecular flexibility index (Phi) is 3.98. The monoisotopic (exact) mass is 318 g/mol. The van der Waals surface area contributed by atoms with E-state index < -0.39 is 5.97 Å². The van der Waals surface area contributed by atoms with E-state index in [4.69, 9.17) is 5.11 Å². The van der Waals surface area contributed by atoms with E-state index in [0.717, 1.165) is 27.1 Å². The van der Waals surface area contributed by atoms with Crippen molar-refractivity contribution in [3.05, 3.63) is 40.6 Å². The maximum Gasteiger partial charge on any atom is 0.328 e. The Morgan fingerprint density at radius 2 is 2.33 bits per heavy atom. The Morgan fingerprint density at radius 3 is 3.19 bits per heavy atom. The number of imidazole rings is 1. The molecule has 106 valence electrons. The summed E-state index contributed by atoms with van der Waals surface area (Å²) in [6.07, 6.45) is 5.84. The van der Waals surface area contributed by atoms with Crippen LogP contribution in [0, 0.1) is 0 Å². The summed E-state index contributed by atoms with van der Waals surface area (Å²) in [6.45, 7) is 0. The molecule has 0 amide bonds. The van der Waals surface area contributed by atoms with Gasteiger partial charge >= 0.3 is 5.97 Å². The highest BCUT2D eigenvalue weighted by atomic mass is 32.2. The summed E-state index contributed by atoms with van der Waals surface area (Å²) in [6, 6.07) is 1.91. The summed E-state index contributed by atoms with van der Waals surface area (Å²) in [5.74, 6) is -0.239. The summed E-state index contributed by atoms with van der Waals surface area (Å²) in [5.41, 5.74) is 2.39. The Labute approximate surface area is 128 Å². The third kappa shape index (κ3) is 3.11. The topological polar surface area (TPSA) is 91.8 Å². The number of rotatable bonds is 5. The summed E-state index contributed by atoms with van der Waals surface area (Å²) in [5, 5.41) is 11.5. The Bertz CT molecular complexity index is 809. The molecule has 0 fully saturated rings. The molecule has 3 heterocycles. The third-order valence-electron chi connectivity index (χ3n) is 2.71. The molecule has 0 aromatic carbocycles. The molecule has 0 aliphatic heterocycles. The van der Waals surface area contributed by atoms with Crippen LogP contribution in [-0.4, -0.2) is 31.0 Å². The molecule has 3 rings (SSSR count). The third-order valence-corrected chi connectivity index (χ3v) is 4.85. The lowest BCUT2D eigenvalue weighted by molar-refractivity contribution is -0.131. The van der Waals surface area contributed by atoms with Gasteiger partial charge in [0.1, 0.15) is 16.9 Å². The largest absolute Gasteiger partial charge is 0.478 e. The first-order valence-electron chi connectivity index (χ1n) is 5.98. The minimum absolute atomic E-state index is 0.643. The van der Waals surface area contributed by atoms with Gasteiger partial charge in [-0.05, 0) is 23.1 Å². The highest BCUT2D eigenvalue weighted by molar-refractivity contribution is 7.98. The molecule has 0 saturated carbocycles. The van der Waals surface area contributed by atoms with E-state index >= 15 is 0 Å². The molecule has 8 heteroatoms. The number of H-pyrrole nitrogens is 1. The van der Waals surface area contributed by atoms with Crippen LogP contribution in [-0.2, 0) is 10.5 Å². The average molecular weight is 318 g/mol. The summed E-state index contributed by atoms with van der Waals surface area (Å²) in [7, 11) is 0. The molecule has 0 bridgehead atoms. The average Bonchev–Trinajstić information content (AvgIpc) is 3.11. The van der Waals surface area contributed by atoms with Crippen LogP contribution >= 0.6 is 23.1 Å². The van der Waals surface area contributed by atoms with Crippen LogP contribution in [0.15, 0.2) is 35.2 Å². The molecule has 0 unspecified atom stereocenters. The summed E-state index contributed by atoms with van der Waals surface area (Å²) < 4.78 is 0. The molecule has 0 aliphatic carbocycles. The van der Waals surface area contributed by atoms with E-state index in [9.17, 15) is 4.79 Å². The quantitative estimate of drug-likeness (QED) is 0.427. The maximum absolute atomic E-state index is 10.6. The molecule has 0 atom stereocenters. The van der Waals surface area contributed by atoms with Crippen LogP contribution in [0.1, 0.15) is 10.4 Å². The van der Waals surface area contributed by atoms with E-state index in [1.54, 1.807) is 35.5 Å². The van der Waals surface area contributed by atoms with Gasteiger partial charge in [0.05, 0.1) is 6.33 Å². The van der Waals surface area contributed by atoms with Gasteiger partial charge in [0.2, 0.25) is 0 Å². The number of thioether (sulfide) groups is 1. The van der Waals surface area contributed by atoms with Gasteiger partial charge in [-0.15, -0.1) is 11.3 Å². The van der Waals surface area contributed by atoms with Gasteiger partial charge < -0.3 is 10.1 Å². The van der Waals surface area contributed by atoms with Crippen molar-refractivity contribution in [2.24, 2.45) is 0 Å². The number of aromatic amines is 1. The molecular weight excluding hydrogens is 308 g/mol. The van der Waals surface area contributed by atoms with Crippen molar-refractivity contribution in [1.29, 1.82) is 0 Å². The lowest BCUT2D eigenvalue weighted by atomic mass is 10.2. The highest BCUT2D eigenvalue weighted by Crippen LogP contribution is 2.29. The molecule has 0 radical (unpaired) electrons. The van der Waals surface area contributed by atoms with Crippen molar-refractivity contribution < 1.29 is 9.90 Å². The van der Waals surface area contributed by atoms with E-state index in [2.05, 4.69) is 19.9 Å². The number of aliphatic carboxylic acids is 1. The van der Waals surface area contributed by atoms with E-state index in [0.29, 0.717) is 11.4 Å². The van der Waals surface area contributed by atoms with Crippen LogP contribution < -0.4 is 0 Å². The van der Waals surface area contributed by atoms with Gasteiger partial charge in [0.15, 0.2) is 5.65 Å². The first kappa shape index (κ1) is 13.8. The molecule has 6 nitrogen and oxygen atoms in total. The van der Waals surface area contributed by atoms with E-state index in [1.165, 1.54) is 6.33 Å². The SMILES string of the molecule is O=C(O)C=Cc1ccsc1CSc1ncnc2nc[nH]c12. The number of nitrogens with one attached hydrogen (secondary N) is 1. The van der Waals surface area contributed by atoms with Gasteiger partial charge in [-0.1, -0.05) is 11.8 Å². The molecule has 0 spiro atoms. The van der Waals surface area contributed by atoms with Crippen molar-refractivity contribution in [3.8, 4) is 0 Å². The number of carbonyl (C=O) groups is 1. The fraction of sp³-hybridized carbons (Fsp3) is 0.0769. The first-order valence-corrected chi connectivity index (χ1v) is 7.85. The molecular formula is C13H10N4O2S2. The summed E-state index contributed by atoms with van der Waals surface area (Å²) >= 11 is 3.16. The number of hydrogen-bond acceptors (Lipinski definition) is 6. The molecule has 0 saturated heterocycles. The maximum atomic E-state index is 10.6. The van der Waals surface area contributed by atoms with Crippen LogP contribution in [0.4, 0.5) is 0 Å². The zero-order valence-electron chi connectivity index (χ0n) is 10.7. The van der Waals surface area contributed by atoms with Crippen molar-refractivity contribution in [1.82, 2.24) is 19.9 Å². The minimum atomic E-state index is -0.949. The fourth-order valence-corrected chi connectivity index (χ4v) is 3.71. The zero-order valence-corrected chi connectivity index (χ0v) is 12.3. The molecule has 3 aromatic heterocycles. The molecule has 3 aromatic rings. The second-order valence-electron chi connectivity index (χ2n) is 4.04. The number of aromatic nitrogens is 4. The number of hydrogen-bond donors (Lipinski definition) is 2. The van der Waals surface area contributed by atoms with Gasteiger partial charge in [-0.2, -0.15) is 0 Å². The number of thiophene rings is 1. The van der Waals surface area contributed by atoms with Crippen molar-refractivity contribution in [2.75, 3.05) is 0 Å². The number of fused-ring (bicyclic) bond motifs is 1. The Hall–Kier alpha value is -2.19. The smallest absolute Gasteiger partial charge is 0.328 e. The first-order chi connectivity index (χ1) is 10.2. The second-order valence-corrected chi connectivity index (χ2v) is 6.00. The normalized spacial score (nSPS) is 11.4. The second kappa shape index (κ2) is 6.06. The predicted molar refractivity (Wildman–Crippen MR) is 82.2 cm³/mol. The molecule has 0 aliphatic rings. The van der Waals surface area contributed by atoms with Crippen molar-refractivity contribution >= 4 is 46.3 Å². The van der Waals surface area contributed by atoms with Crippen LogP contribution in [0.5, 0.6) is 0 Å². The van der Waals surface area contributed by atoms with Crippen molar-refractivity contribution in [2.45, 2.75) is 10.8 Å². The van der Waals surface area contributed by atoms with Gasteiger partial charge in [0, 0.05) is 16.7 Å². The minimum Gasteiger partial charge on any atom is -0.478 e. The molecule has 2 N–H and O–H groups in total. The van der Waals surface area contributed by atoms with Gasteiger partial charge in [-0.25, -0.2) is 19.7 Å². The van der Waals surface area contributed by atoms with Gasteiger partial charge in [-0.3, -0.25) is 0 Å². The lowest BCUT2D eigenvalue weighted by Gasteiger charge is -2.01. The lowest BCUT2D eigenvalue weighted by Crippen LogP contribution is -1.88. The van der Waals surface area contributed by atoms with Crippen LogP contribution in [0.25, 0.3) is 17.2 Å². The van der Waals surface area contributed by atoms with Crippen LogP contribution in [0.2, 0.25) is 0 Å². The van der Waals surface area contributed by atoms with Crippen molar-refractivity contribution in [3.63, 3.8) is 0 Å². The molecule has 21 heavy (non-hydrogen) atoms. The van der Waals surface area contributed by atoms with Gasteiger partial charge in [0.25, 0.3) is 0 Å². The van der Waals surface area contributed by atoms with Crippen LogP contribution in [0.3, 0.4) is 0 Å². The highest BCUT2D eigenvalue weighted by Gasteiger charge is 2.09. The van der Waals surface area contributed by atoms with E-state index in [1.807, 2.05) is 11.4 Å².